The molecule has 102 valence electrons. The molecule has 0 N–H and O–H groups in total. The lowest BCUT2D eigenvalue weighted by Crippen LogP contribution is -2.46. The van der Waals surface area contributed by atoms with Crippen LogP contribution < -0.4 is 5.19 Å². The molecule has 1 nitrogen and oxygen atoms in total. The third kappa shape index (κ3) is 1.51. The first kappa shape index (κ1) is 12.3. The number of benzene rings is 1. The first-order chi connectivity index (χ1) is 9.59. The van der Waals surface area contributed by atoms with Gasteiger partial charge in [0, 0.05) is 5.92 Å². The predicted octanol–water partition coefficient (Wildman–Crippen LogP) is 3.09. The minimum atomic E-state index is -1.82. The third-order valence-corrected chi connectivity index (χ3v) is 9.15. The zero-order valence-electron chi connectivity index (χ0n) is 12.0. The molecule has 4 rings (SSSR count). The molecule has 0 aromatic heterocycles. The predicted molar refractivity (Wildman–Crippen MR) is 84.4 cm³/mol. The highest BCUT2D eigenvalue weighted by molar-refractivity contribution is 6.99. The van der Waals surface area contributed by atoms with E-state index in [1.165, 1.54) is 16.8 Å². The van der Waals surface area contributed by atoms with Gasteiger partial charge in [-0.05, 0) is 29.4 Å². The van der Waals surface area contributed by atoms with Crippen molar-refractivity contribution in [3.05, 3.63) is 53.8 Å². The van der Waals surface area contributed by atoms with Gasteiger partial charge in [-0.15, -0.1) is 0 Å². The molecule has 1 aromatic rings. The van der Waals surface area contributed by atoms with Crippen molar-refractivity contribution in [1.29, 1.82) is 0 Å². The van der Waals surface area contributed by atoms with Gasteiger partial charge in [-0.2, -0.15) is 0 Å². The number of carbonyl (C=O) groups is 1. The van der Waals surface area contributed by atoms with Gasteiger partial charge in [-0.25, -0.2) is 0 Å². The Morgan fingerprint density at radius 3 is 2.45 bits per heavy atom. The normalized spacial score (nSPS) is 34.5. The summed E-state index contributed by atoms with van der Waals surface area (Å²) in [5.41, 5.74) is 0. The van der Waals surface area contributed by atoms with E-state index < -0.39 is 8.07 Å². The highest BCUT2D eigenvalue weighted by atomic mass is 28.3. The molecule has 0 aliphatic heterocycles. The summed E-state index contributed by atoms with van der Waals surface area (Å²) >= 11 is 0. The summed E-state index contributed by atoms with van der Waals surface area (Å²) in [6.07, 6.45) is 8.20. The molecule has 3 aliphatic rings. The van der Waals surface area contributed by atoms with Crippen LogP contribution in [0.3, 0.4) is 0 Å². The Morgan fingerprint density at radius 1 is 1.05 bits per heavy atom. The number of allylic oxidation sites excluding steroid dienone is 4. The van der Waals surface area contributed by atoms with Gasteiger partial charge in [-0.1, -0.05) is 66.8 Å². The van der Waals surface area contributed by atoms with Gasteiger partial charge in [-0.3, -0.25) is 4.79 Å². The Morgan fingerprint density at radius 2 is 1.75 bits per heavy atom. The van der Waals surface area contributed by atoms with E-state index >= 15 is 0 Å². The Bertz CT molecular complexity index is 626. The van der Waals surface area contributed by atoms with Crippen LogP contribution in [0.25, 0.3) is 0 Å². The van der Waals surface area contributed by atoms with Crippen molar-refractivity contribution in [1.82, 2.24) is 0 Å². The Hall–Kier alpha value is -1.41. The van der Waals surface area contributed by atoms with Gasteiger partial charge in [0.1, 0.15) is 8.07 Å². The van der Waals surface area contributed by atoms with E-state index in [2.05, 4.69) is 61.7 Å². The van der Waals surface area contributed by atoms with E-state index in [9.17, 15) is 4.79 Å². The number of rotatable bonds is 2. The van der Waals surface area contributed by atoms with E-state index in [4.69, 9.17) is 0 Å². The number of Topliss-reactive ketones (excluding diaryl/α,β-unsaturated/α-hetero) is 1. The van der Waals surface area contributed by atoms with Crippen LogP contribution in [0, 0.1) is 23.7 Å². The first-order valence-corrected chi connectivity index (χ1v) is 10.6. The van der Waals surface area contributed by atoms with Gasteiger partial charge in [0.05, 0.1) is 0 Å². The highest BCUT2D eigenvalue weighted by Crippen LogP contribution is 2.53. The Balaban J connectivity index is 1.74. The summed E-state index contributed by atoms with van der Waals surface area (Å²) in [5.74, 6) is 2.39. The fraction of sp³-hybridized carbons (Fsp3) is 0.389. The Kier molecular flexibility index (Phi) is 2.49. The SMILES string of the molecule is C[Si](C)(C1=C[C@@H]2[C@H](C1=O)[C@H]1C=C[C@@H]2C1)c1ccccc1. The summed E-state index contributed by atoms with van der Waals surface area (Å²) in [7, 11) is -1.82. The second-order valence-corrected chi connectivity index (χ2v) is 11.4. The maximum absolute atomic E-state index is 12.9. The van der Waals surface area contributed by atoms with E-state index in [1.54, 1.807) is 0 Å². The average Bonchev–Trinajstić information content (AvgIpc) is 3.13. The fourth-order valence-electron chi connectivity index (χ4n) is 4.44. The maximum Gasteiger partial charge on any atom is 0.159 e. The molecule has 2 bridgehead atoms. The van der Waals surface area contributed by atoms with Gasteiger partial charge in [0.25, 0.3) is 0 Å². The smallest absolute Gasteiger partial charge is 0.159 e. The molecule has 2 heteroatoms. The lowest BCUT2D eigenvalue weighted by Gasteiger charge is -2.25. The standard InChI is InChI=1S/C18H20OSi/c1-20(2,14-6-4-3-5-7-14)16-11-15-12-8-9-13(10-12)17(15)18(16)19/h3-9,11-13,15,17H,10H2,1-2H3/t12-,13+,15+,17-/m1/s1. The lowest BCUT2D eigenvalue weighted by molar-refractivity contribution is -0.119. The van der Waals surface area contributed by atoms with Crippen LogP contribution in [0.2, 0.25) is 13.1 Å². The van der Waals surface area contributed by atoms with Crippen molar-refractivity contribution >= 4 is 19.0 Å². The second kappa shape index (κ2) is 4.04. The van der Waals surface area contributed by atoms with Crippen LogP contribution in [-0.2, 0) is 4.79 Å². The molecule has 0 saturated heterocycles. The molecule has 1 saturated carbocycles. The Labute approximate surface area is 121 Å². The molecule has 0 unspecified atom stereocenters. The van der Waals surface area contributed by atoms with Crippen molar-refractivity contribution in [2.24, 2.45) is 23.7 Å². The number of hydrogen-bond donors (Lipinski definition) is 0. The molecule has 0 spiro atoms. The molecule has 4 atom stereocenters. The largest absolute Gasteiger partial charge is 0.295 e. The van der Waals surface area contributed by atoms with Crippen molar-refractivity contribution in [2.75, 3.05) is 0 Å². The molecule has 0 heterocycles. The van der Waals surface area contributed by atoms with Crippen LogP contribution >= 0.6 is 0 Å². The summed E-state index contributed by atoms with van der Waals surface area (Å²) < 4.78 is 0. The topological polar surface area (TPSA) is 17.1 Å². The van der Waals surface area contributed by atoms with Crippen molar-refractivity contribution in [3.63, 3.8) is 0 Å². The number of ketones is 1. The second-order valence-electron chi connectivity index (χ2n) is 6.99. The number of fused-ring (bicyclic) bond motifs is 5. The van der Waals surface area contributed by atoms with Crippen LogP contribution in [0.1, 0.15) is 6.42 Å². The highest BCUT2D eigenvalue weighted by Gasteiger charge is 2.53. The lowest BCUT2D eigenvalue weighted by atomic mass is 9.85. The minimum absolute atomic E-state index is 0.274. The number of hydrogen-bond acceptors (Lipinski definition) is 1. The van der Waals surface area contributed by atoms with Gasteiger partial charge < -0.3 is 0 Å². The van der Waals surface area contributed by atoms with Crippen molar-refractivity contribution < 1.29 is 4.79 Å². The van der Waals surface area contributed by atoms with Crippen LogP contribution in [0.4, 0.5) is 0 Å². The third-order valence-electron chi connectivity index (χ3n) is 5.62. The van der Waals surface area contributed by atoms with Crippen LogP contribution in [0.15, 0.2) is 53.8 Å². The summed E-state index contributed by atoms with van der Waals surface area (Å²) in [4.78, 5) is 12.9. The quantitative estimate of drug-likeness (QED) is 0.601. The zero-order valence-corrected chi connectivity index (χ0v) is 13.0. The summed E-state index contributed by atoms with van der Waals surface area (Å²) in [6, 6.07) is 10.6. The van der Waals surface area contributed by atoms with Crippen LogP contribution in [0.5, 0.6) is 0 Å². The summed E-state index contributed by atoms with van der Waals surface area (Å²) in [6.45, 7) is 4.64. The fourth-order valence-corrected chi connectivity index (χ4v) is 7.17. The van der Waals surface area contributed by atoms with Gasteiger partial charge in [0.2, 0.25) is 0 Å². The molecule has 1 aromatic carbocycles. The monoisotopic (exact) mass is 280 g/mol. The van der Waals surface area contributed by atoms with Gasteiger partial charge >= 0.3 is 0 Å². The first-order valence-electron chi connectivity index (χ1n) is 7.59. The van der Waals surface area contributed by atoms with Crippen LogP contribution in [-0.4, -0.2) is 13.9 Å². The summed E-state index contributed by atoms with van der Waals surface area (Å²) in [5, 5.41) is 2.55. The molecular formula is C18H20OSi. The number of carbonyl (C=O) groups excluding carboxylic acids is 1. The van der Waals surface area contributed by atoms with E-state index in [0.717, 1.165) is 0 Å². The average molecular weight is 280 g/mol. The molecule has 3 aliphatic carbocycles. The van der Waals surface area contributed by atoms with E-state index in [1.807, 2.05) is 0 Å². The van der Waals surface area contributed by atoms with Crippen molar-refractivity contribution in [2.45, 2.75) is 19.5 Å². The van der Waals surface area contributed by atoms with E-state index in [0.29, 0.717) is 23.5 Å². The van der Waals surface area contributed by atoms with Crippen molar-refractivity contribution in [3.8, 4) is 0 Å². The molecule has 0 radical (unpaired) electrons. The molecule has 1 fully saturated rings. The van der Waals surface area contributed by atoms with E-state index in [-0.39, 0.29) is 5.92 Å². The minimum Gasteiger partial charge on any atom is -0.295 e. The molecular weight excluding hydrogens is 260 g/mol. The molecule has 20 heavy (non-hydrogen) atoms. The van der Waals surface area contributed by atoms with Gasteiger partial charge in [0.15, 0.2) is 5.78 Å². The zero-order chi connectivity index (χ0) is 13.9. The molecule has 0 amide bonds. The maximum atomic E-state index is 12.9.